The summed E-state index contributed by atoms with van der Waals surface area (Å²) in [5.74, 6) is -0.623. The molecule has 0 heterocycles. The van der Waals surface area contributed by atoms with Crippen molar-refractivity contribution in [2.45, 2.75) is 18.9 Å². The van der Waals surface area contributed by atoms with Gasteiger partial charge in [0, 0.05) is 18.4 Å². The minimum absolute atomic E-state index is 0.0294. The van der Waals surface area contributed by atoms with Gasteiger partial charge in [0.05, 0.1) is 5.02 Å². The highest BCUT2D eigenvalue weighted by atomic mass is 35.5. The number of rotatable bonds is 3. The number of benzene rings is 1. The molecule has 0 saturated heterocycles. The van der Waals surface area contributed by atoms with Crippen LogP contribution in [0, 0.1) is 11.7 Å². The average molecular weight is 254 g/mol. The molecule has 0 spiro atoms. The van der Waals surface area contributed by atoms with Crippen LogP contribution in [-0.4, -0.2) is 11.8 Å². The first-order valence-electron chi connectivity index (χ1n) is 5.47. The Balaban J connectivity index is 2.09. The molecule has 1 aromatic rings. The minimum Gasteiger partial charge on any atom is -0.324 e. The number of Topliss-reactive ketones (excluding diaryl/α,β-unsaturated/α-hetero) is 1. The number of carbonyl (C=O) groups is 1. The van der Waals surface area contributed by atoms with Crippen LogP contribution in [-0.2, 0) is 11.2 Å². The first-order valence-corrected chi connectivity index (χ1v) is 5.85. The van der Waals surface area contributed by atoms with E-state index in [1.54, 1.807) is 12.1 Å². The summed E-state index contributed by atoms with van der Waals surface area (Å²) in [7, 11) is 0. The van der Waals surface area contributed by atoms with Crippen molar-refractivity contribution in [2.75, 3.05) is 0 Å². The number of hydrogen-bond donors (Lipinski definition) is 1. The molecule has 0 fully saturated rings. The van der Waals surface area contributed by atoms with E-state index in [1.807, 2.05) is 12.2 Å². The maximum absolute atomic E-state index is 13.2. The van der Waals surface area contributed by atoms with Gasteiger partial charge in [0.25, 0.3) is 0 Å². The summed E-state index contributed by atoms with van der Waals surface area (Å²) in [5, 5.41) is 0.0344. The van der Waals surface area contributed by atoms with E-state index in [2.05, 4.69) is 0 Å². The quantitative estimate of drug-likeness (QED) is 0.841. The molecule has 17 heavy (non-hydrogen) atoms. The van der Waals surface area contributed by atoms with Crippen LogP contribution in [0.2, 0.25) is 5.02 Å². The van der Waals surface area contributed by atoms with E-state index in [1.165, 1.54) is 6.07 Å². The Hall–Kier alpha value is -1.19. The van der Waals surface area contributed by atoms with Crippen LogP contribution >= 0.6 is 11.6 Å². The molecule has 0 bridgehead atoms. The third-order valence-electron chi connectivity index (χ3n) is 2.93. The molecule has 0 aliphatic heterocycles. The maximum atomic E-state index is 13.2. The van der Waals surface area contributed by atoms with Gasteiger partial charge in [-0.05, 0) is 18.1 Å². The van der Waals surface area contributed by atoms with Crippen molar-refractivity contribution in [2.24, 2.45) is 11.7 Å². The molecule has 0 aromatic heterocycles. The molecule has 0 amide bonds. The van der Waals surface area contributed by atoms with Crippen LogP contribution in [0.15, 0.2) is 30.4 Å². The Labute approximate surface area is 104 Å². The Morgan fingerprint density at radius 2 is 2.24 bits per heavy atom. The van der Waals surface area contributed by atoms with Gasteiger partial charge in [-0.1, -0.05) is 35.9 Å². The number of ketones is 1. The van der Waals surface area contributed by atoms with Crippen LogP contribution in [0.3, 0.4) is 0 Å². The smallest absolute Gasteiger partial charge is 0.144 e. The fourth-order valence-electron chi connectivity index (χ4n) is 1.97. The van der Waals surface area contributed by atoms with Crippen molar-refractivity contribution < 1.29 is 9.18 Å². The third-order valence-corrected chi connectivity index (χ3v) is 3.35. The topological polar surface area (TPSA) is 43.1 Å². The molecular weight excluding hydrogens is 241 g/mol. The van der Waals surface area contributed by atoms with E-state index in [0.29, 0.717) is 12.0 Å². The summed E-state index contributed by atoms with van der Waals surface area (Å²) in [4.78, 5) is 11.9. The highest BCUT2D eigenvalue weighted by Crippen LogP contribution is 2.24. The highest BCUT2D eigenvalue weighted by Gasteiger charge is 2.23. The van der Waals surface area contributed by atoms with E-state index in [9.17, 15) is 9.18 Å². The Kier molecular flexibility index (Phi) is 3.60. The Bertz CT molecular complexity index is 472. The second-order valence-electron chi connectivity index (χ2n) is 4.25. The standard InChI is InChI=1S/C13H13ClFNO/c14-13-9(2-1-3-11(13)15)7-12(17)8-4-5-10(16)6-8/h1-5,8,10H,6-7,16H2. The highest BCUT2D eigenvalue weighted by molar-refractivity contribution is 6.31. The predicted molar refractivity (Wildman–Crippen MR) is 65.3 cm³/mol. The van der Waals surface area contributed by atoms with Crippen LogP contribution in [0.5, 0.6) is 0 Å². The van der Waals surface area contributed by atoms with E-state index in [4.69, 9.17) is 17.3 Å². The lowest BCUT2D eigenvalue weighted by Crippen LogP contribution is -2.20. The van der Waals surface area contributed by atoms with Crippen molar-refractivity contribution in [3.63, 3.8) is 0 Å². The molecule has 0 saturated carbocycles. The molecule has 90 valence electrons. The molecule has 2 atom stereocenters. The summed E-state index contributed by atoms with van der Waals surface area (Å²) in [5.41, 5.74) is 6.22. The second-order valence-corrected chi connectivity index (χ2v) is 4.62. The number of allylic oxidation sites excluding steroid dienone is 1. The lowest BCUT2D eigenvalue weighted by Gasteiger charge is -2.09. The number of nitrogens with two attached hydrogens (primary N) is 1. The fourth-order valence-corrected chi connectivity index (χ4v) is 2.16. The summed E-state index contributed by atoms with van der Waals surface area (Å²) in [6.07, 6.45) is 4.43. The van der Waals surface area contributed by atoms with Gasteiger partial charge in [0.2, 0.25) is 0 Å². The second kappa shape index (κ2) is 4.98. The summed E-state index contributed by atoms with van der Waals surface area (Å²) < 4.78 is 13.2. The number of carbonyl (C=O) groups excluding carboxylic acids is 1. The predicted octanol–water partition coefficient (Wildman–Crippen LogP) is 2.49. The van der Waals surface area contributed by atoms with Crippen LogP contribution in [0.4, 0.5) is 4.39 Å². The zero-order chi connectivity index (χ0) is 12.4. The molecule has 2 nitrogen and oxygen atoms in total. The van der Waals surface area contributed by atoms with Gasteiger partial charge in [-0.15, -0.1) is 0 Å². The van der Waals surface area contributed by atoms with Crippen LogP contribution in [0.25, 0.3) is 0 Å². The van der Waals surface area contributed by atoms with Crippen molar-refractivity contribution in [1.82, 2.24) is 0 Å². The van der Waals surface area contributed by atoms with Gasteiger partial charge in [-0.3, -0.25) is 4.79 Å². The van der Waals surface area contributed by atoms with Gasteiger partial charge < -0.3 is 5.73 Å². The lowest BCUT2D eigenvalue weighted by atomic mass is 9.97. The molecule has 2 N–H and O–H groups in total. The zero-order valence-electron chi connectivity index (χ0n) is 9.20. The van der Waals surface area contributed by atoms with Crippen molar-refractivity contribution in [3.8, 4) is 0 Å². The first kappa shape index (κ1) is 12.3. The van der Waals surface area contributed by atoms with E-state index in [0.717, 1.165) is 0 Å². The third kappa shape index (κ3) is 2.73. The molecule has 1 aliphatic carbocycles. The minimum atomic E-state index is -0.490. The van der Waals surface area contributed by atoms with Crippen molar-refractivity contribution in [1.29, 1.82) is 0 Å². The summed E-state index contributed by atoms with van der Waals surface area (Å²) in [6.45, 7) is 0. The van der Waals surface area contributed by atoms with E-state index >= 15 is 0 Å². The number of hydrogen-bond acceptors (Lipinski definition) is 2. The van der Waals surface area contributed by atoms with Gasteiger partial charge in [-0.2, -0.15) is 0 Å². The van der Waals surface area contributed by atoms with E-state index in [-0.39, 0.29) is 29.2 Å². The Morgan fingerprint density at radius 3 is 2.88 bits per heavy atom. The number of halogens is 2. The fraction of sp³-hybridized carbons (Fsp3) is 0.308. The molecular formula is C13H13ClFNO. The summed E-state index contributed by atoms with van der Waals surface area (Å²) in [6, 6.07) is 4.45. The van der Waals surface area contributed by atoms with Crippen molar-refractivity contribution in [3.05, 3.63) is 46.8 Å². The van der Waals surface area contributed by atoms with Gasteiger partial charge in [0.1, 0.15) is 11.6 Å². The van der Waals surface area contributed by atoms with Crippen LogP contribution < -0.4 is 5.73 Å². The van der Waals surface area contributed by atoms with Gasteiger partial charge in [-0.25, -0.2) is 4.39 Å². The van der Waals surface area contributed by atoms with Crippen molar-refractivity contribution >= 4 is 17.4 Å². The lowest BCUT2D eigenvalue weighted by molar-refractivity contribution is -0.120. The SMILES string of the molecule is NC1C=CC(C(=O)Cc2cccc(F)c2Cl)C1. The normalized spacial score (nSPS) is 23.0. The van der Waals surface area contributed by atoms with Gasteiger partial charge in [0.15, 0.2) is 0 Å². The summed E-state index contributed by atoms with van der Waals surface area (Å²) >= 11 is 5.80. The molecule has 2 rings (SSSR count). The van der Waals surface area contributed by atoms with E-state index < -0.39 is 5.82 Å². The molecule has 0 radical (unpaired) electrons. The average Bonchev–Trinajstić information content (AvgIpc) is 2.72. The van der Waals surface area contributed by atoms with Crippen LogP contribution in [0.1, 0.15) is 12.0 Å². The largest absolute Gasteiger partial charge is 0.324 e. The van der Waals surface area contributed by atoms with Gasteiger partial charge >= 0.3 is 0 Å². The molecule has 4 heteroatoms. The molecule has 1 aliphatic rings. The monoisotopic (exact) mass is 253 g/mol. The Morgan fingerprint density at radius 1 is 1.47 bits per heavy atom. The molecule has 2 unspecified atom stereocenters. The first-order chi connectivity index (χ1) is 8.08. The molecule has 1 aromatic carbocycles. The maximum Gasteiger partial charge on any atom is 0.144 e. The zero-order valence-corrected chi connectivity index (χ0v) is 9.95.